The van der Waals surface area contributed by atoms with Gasteiger partial charge in [-0.2, -0.15) is 0 Å². The first-order chi connectivity index (χ1) is 18.5. The number of nitrogens with zero attached hydrogens (tertiary/aromatic N) is 1. The van der Waals surface area contributed by atoms with Gasteiger partial charge in [-0.3, -0.25) is 9.36 Å². The van der Waals surface area contributed by atoms with Crippen LogP contribution < -0.4 is 10.2 Å². The third-order valence-corrected chi connectivity index (χ3v) is 7.71. The molecule has 0 aromatic carbocycles. The van der Waals surface area contributed by atoms with Gasteiger partial charge in [0, 0.05) is 6.42 Å². The lowest BCUT2D eigenvalue weighted by Crippen LogP contribution is -2.45. The first-order valence-corrected chi connectivity index (χ1v) is 17.0. The van der Waals surface area contributed by atoms with E-state index in [9.17, 15) is 19.4 Å². The lowest BCUT2D eigenvalue weighted by atomic mass is 10.0. The van der Waals surface area contributed by atoms with Gasteiger partial charge in [0.2, 0.25) is 5.91 Å². The fraction of sp³-hybridized carbons (Fsp3) is 0.900. The number of allylic oxidation sites excluding steroid dienone is 1. The van der Waals surface area contributed by atoms with Crippen molar-refractivity contribution in [3.8, 4) is 0 Å². The van der Waals surface area contributed by atoms with Crippen LogP contribution in [-0.4, -0.2) is 68.5 Å². The summed E-state index contributed by atoms with van der Waals surface area (Å²) in [6.07, 6.45) is 21.6. The lowest BCUT2D eigenvalue weighted by Gasteiger charge is -2.29. The van der Waals surface area contributed by atoms with Crippen LogP contribution in [0.25, 0.3) is 0 Å². The van der Waals surface area contributed by atoms with Crippen molar-refractivity contribution in [2.45, 2.75) is 135 Å². The fourth-order valence-electron chi connectivity index (χ4n) is 4.15. The molecule has 0 heterocycles. The minimum atomic E-state index is -4.55. The van der Waals surface area contributed by atoms with E-state index < -0.39 is 20.0 Å². The third-order valence-electron chi connectivity index (χ3n) is 6.75. The molecule has 0 saturated carbocycles. The summed E-state index contributed by atoms with van der Waals surface area (Å²) in [6, 6.07) is -0.874. The molecule has 0 aromatic rings. The number of rotatable bonds is 27. The Kier molecular flexibility index (Phi) is 23.4. The minimum Gasteiger partial charge on any atom is -0.756 e. The molecule has 0 fully saturated rings. The molecule has 9 heteroatoms. The molecule has 0 aromatic heterocycles. The van der Waals surface area contributed by atoms with Crippen molar-refractivity contribution in [3.05, 3.63) is 12.2 Å². The number of hydrogen-bond donors (Lipinski definition) is 2. The molecule has 0 aliphatic heterocycles. The Hall–Kier alpha value is -0.760. The first-order valence-electron chi connectivity index (χ1n) is 15.6. The predicted octanol–water partition coefficient (Wildman–Crippen LogP) is 6.27. The van der Waals surface area contributed by atoms with Gasteiger partial charge < -0.3 is 28.8 Å². The van der Waals surface area contributed by atoms with Crippen LogP contribution in [0.2, 0.25) is 0 Å². The fourth-order valence-corrected chi connectivity index (χ4v) is 4.87. The number of unbranched alkanes of at least 4 members (excludes halogenated alkanes) is 14. The molecule has 232 valence electrons. The maximum atomic E-state index is 12.4. The number of nitrogens with one attached hydrogen (secondary N) is 1. The monoisotopic (exact) mass is 576 g/mol. The van der Waals surface area contributed by atoms with Crippen molar-refractivity contribution in [1.29, 1.82) is 0 Å². The number of amides is 1. The Bertz CT molecular complexity index is 668. The SMILES string of the molecule is CCCCCCCCCCCCC/C=C/C(O)C(COP(=O)([O-])OCC[N+](C)(C)C)NC(=O)CCCCCC. The number of hydrogen-bond acceptors (Lipinski definition) is 6. The van der Waals surface area contributed by atoms with Crippen LogP contribution in [0.5, 0.6) is 0 Å². The summed E-state index contributed by atoms with van der Waals surface area (Å²) in [5, 5.41) is 13.5. The van der Waals surface area contributed by atoms with E-state index in [2.05, 4.69) is 19.2 Å². The zero-order valence-corrected chi connectivity index (χ0v) is 26.7. The van der Waals surface area contributed by atoms with Gasteiger partial charge in [-0.05, 0) is 19.3 Å². The highest BCUT2D eigenvalue weighted by Crippen LogP contribution is 2.38. The minimum absolute atomic E-state index is 0.000146. The quantitative estimate of drug-likeness (QED) is 0.0517. The molecule has 0 aliphatic rings. The number of carbonyl (C=O) groups is 1. The molecule has 0 aliphatic carbocycles. The van der Waals surface area contributed by atoms with E-state index in [1.165, 1.54) is 57.8 Å². The number of likely N-dealkylation sites (N-methyl/N-ethyl adjacent to an activating group) is 1. The highest BCUT2D eigenvalue weighted by Gasteiger charge is 2.23. The Morgan fingerprint density at radius 1 is 0.872 bits per heavy atom. The van der Waals surface area contributed by atoms with E-state index in [1.807, 2.05) is 27.2 Å². The second kappa shape index (κ2) is 23.9. The molecule has 0 saturated heterocycles. The van der Waals surface area contributed by atoms with Crippen LogP contribution in [0.4, 0.5) is 0 Å². The molecule has 0 bridgehead atoms. The summed E-state index contributed by atoms with van der Waals surface area (Å²) >= 11 is 0. The first kappa shape index (κ1) is 38.2. The van der Waals surface area contributed by atoms with Crippen LogP contribution in [0.15, 0.2) is 12.2 Å². The van der Waals surface area contributed by atoms with Crippen LogP contribution in [0.3, 0.4) is 0 Å². The van der Waals surface area contributed by atoms with Crippen molar-refractivity contribution in [2.75, 3.05) is 40.9 Å². The van der Waals surface area contributed by atoms with Crippen molar-refractivity contribution < 1.29 is 32.9 Å². The number of aliphatic hydroxyl groups is 1. The van der Waals surface area contributed by atoms with E-state index >= 15 is 0 Å². The Balaban J connectivity index is 4.53. The average molecular weight is 577 g/mol. The normalized spacial score (nSPS) is 15.4. The Morgan fingerprint density at radius 2 is 1.38 bits per heavy atom. The predicted molar refractivity (Wildman–Crippen MR) is 159 cm³/mol. The highest BCUT2D eigenvalue weighted by molar-refractivity contribution is 7.45. The van der Waals surface area contributed by atoms with Crippen molar-refractivity contribution in [1.82, 2.24) is 5.32 Å². The van der Waals surface area contributed by atoms with Gasteiger partial charge in [0.1, 0.15) is 13.2 Å². The van der Waals surface area contributed by atoms with Crippen LogP contribution in [0, 0.1) is 0 Å². The van der Waals surface area contributed by atoms with E-state index in [-0.39, 0.29) is 19.1 Å². The molecule has 1 amide bonds. The standard InChI is InChI=1S/C30H61N2O6P/c1-6-8-10-12-13-14-15-16-17-18-19-20-21-23-29(33)28(31-30(34)24-22-11-9-7-2)27-38-39(35,36)37-26-25-32(3,4)5/h21,23,28-29,33H,6-20,22,24-27H2,1-5H3,(H-,31,34,35,36)/b23-21+. The molecular formula is C30H61N2O6P. The van der Waals surface area contributed by atoms with Crippen molar-refractivity contribution in [3.63, 3.8) is 0 Å². The summed E-state index contributed by atoms with van der Waals surface area (Å²) < 4.78 is 22.8. The molecule has 0 spiro atoms. The zero-order valence-electron chi connectivity index (χ0n) is 25.8. The van der Waals surface area contributed by atoms with E-state index in [0.29, 0.717) is 17.4 Å². The maximum absolute atomic E-state index is 12.4. The van der Waals surface area contributed by atoms with Crippen LogP contribution >= 0.6 is 7.82 Å². The topological polar surface area (TPSA) is 108 Å². The van der Waals surface area contributed by atoms with Crippen molar-refractivity contribution in [2.24, 2.45) is 0 Å². The van der Waals surface area contributed by atoms with E-state index in [1.54, 1.807) is 6.08 Å². The zero-order chi connectivity index (χ0) is 29.4. The number of quaternary nitrogens is 1. The average Bonchev–Trinajstić information content (AvgIpc) is 2.86. The smallest absolute Gasteiger partial charge is 0.268 e. The summed E-state index contributed by atoms with van der Waals surface area (Å²) in [6.45, 7) is 4.47. The molecule has 3 atom stereocenters. The van der Waals surface area contributed by atoms with Gasteiger partial charge in [-0.25, -0.2) is 0 Å². The highest BCUT2D eigenvalue weighted by atomic mass is 31.2. The summed E-state index contributed by atoms with van der Waals surface area (Å²) in [4.78, 5) is 24.7. The summed E-state index contributed by atoms with van der Waals surface area (Å²) in [5.41, 5.74) is 0. The van der Waals surface area contributed by atoms with Gasteiger partial charge in [0.15, 0.2) is 0 Å². The second-order valence-electron chi connectivity index (χ2n) is 11.8. The largest absolute Gasteiger partial charge is 0.756 e. The number of phosphoric ester groups is 1. The molecule has 2 N–H and O–H groups in total. The van der Waals surface area contributed by atoms with E-state index in [0.717, 1.165) is 44.9 Å². The van der Waals surface area contributed by atoms with Gasteiger partial charge >= 0.3 is 0 Å². The maximum Gasteiger partial charge on any atom is 0.268 e. The molecule has 39 heavy (non-hydrogen) atoms. The van der Waals surface area contributed by atoms with Gasteiger partial charge in [-0.15, -0.1) is 0 Å². The Morgan fingerprint density at radius 3 is 1.92 bits per heavy atom. The van der Waals surface area contributed by atoms with Crippen LogP contribution in [-0.2, 0) is 18.4 Å². The lowest BCUT2D eigenvalue weighted by molar-refractivity contribution is -0.870. The van der Waals surface area contributed by atoms with Crippen molar-refractivity contribution >= 4 is 13.7 Å². The number of carbonyl (C=O) groups excluding carboxylic acids is 1. The van der Waals surface area contributed by atoms with Gasteiger partial charge in [0.25, 0.3) is 7.82 Å². The molecular weight excluding hydrogens is 515 g/mol. The third kappa shape index (κ3) is 25.9. The van der Waals surface area contributed by atoms with Crippen LogP contribution in [0.1, 0.15) is 123 Å². The molecule has 8 nitrogen and oxygen atoms in total. The van der Waals surface area contributed by atoms with Gasteiger partial charge in [-0.1, -0.05) is 109 Å². The van der Waals surface area contributed by atoms with Gasteiger partial charge in [0.05, 0.1) is 39.9 Å². The Labute approximate surface area is 240 Å². The molecule has 3 unspecified atom stereocenters. The second-order valence-corrected chi connectivity index (χ2v) is 13.2. The summed E-state index contributed by atoms with van der Waals surface area (Å²) in [5.74, 6) is -0.218. The number of aliphatic hydroxyl groups excluding tert-OH is 1. The van der Waals surface area contributed by atoms with E-state index in [4.69, 9.17) is 9.05 Å². The molecule has 0 radical (unpaired) electrons. The molecule has 0 rings (SSSR count). The number of phosphoric acid groups is 1. The summed E-state index contributed by atoms with van der Waals surface area (Å²) in [7, 11) is 1.25.